The van der Waals surface area contributed by atoms with Crippen LogP contribution < -0.4 is 10.6 Å². The molecule has 4 atom stereocenters. The summed E-state index contributed by atoms with van der Waals surface area (Å²) >= 11 is 0. The van der Waals surface area contributed by atoms with Crippen LogP contribution in [-0.2, 0) is 14.3 Å². The van der Waals surface area contributed by atoms with Gasteiger partial charge in [-0.05, 0) is 84.8 Å². The molecule has 0 bridgehead atoms. The predicted molar refractivity (Wildman–Crippen MR) is 139 cm³/mol. The molecule has 0 radical (unpaired) electrons. The monoisotopic (exact) mass is 487 g/mol. The molecular weight excluding hydrogens is 442 g/mol. The van der Waals surface area contributed by atoms with Gasteiger partial charge in [0.1, 0.15) is 17.7 Å². The smallest absolute Gasteiger partial charge is 0.408 e. The lowest BCUT2D eigenvalue weighted by Crippen LogP contribution is -2.57. The fourth-order valence-electron chi connectivity index (χ4n) is 4.19. The van der Waals surface area contributed by atoms with E-state index in [0.717, 1.165) is 23.1 Å². The van der Waals surface area contributed by atoms with Gasteiger partial charge in [-0.15, -0.1) is 0 Å². The number of hydrogen-bond donors (Lipinski definition) is 2. The van der Waals surface area contributed by atoms with Gasteiger partial charge in [-0.3, -0.25) is 9.59 Å². The lowest BCUT2D eigenvalue weighted by atomic mass is 9.94. The molecule has 1 fully saturated rings. The number of nitrogens with one attached hydrogen (secondary N) is 2. The van der Waals surface area contributed by atoms with Crippen molar-refractivity contribution in [3.63, 3.8) is 0 Å². The molecule has 0 aliphatic heterocycles. The zero-order valence-electron chi connectivity index (χ0n) is 23.4. The molecule has 2 N–H and O–H groups in total. The molecule has 4 unspecified atom stereocenters. The van der Waals surface area contributed by atoms with E-state index in [4.69, 9.17) is 4.74 Å². The van der Waals surface area contributed by atoms with Gasteiger partial charge in [0, 0.05) is 11.6 Å². The molecule has 0 heterocycles. The Labute approximate surface area is 211 Å². The van der Waals surface area contributed by atoms with Crippen LogP contribution in [0.3, 0.4) is 0 Å². The number of alkyl carbamates (subject to hydrolysis) is 1. The molecule has 2 rings (SSSR count). The summed E-state index contributed by atoms with van der Waals surface area (Å²) < 4.78 is 5.44. The van der Waals surface area contributed by atoms with Gasteiger partial charge in [0.05, 0.1) is 0 Å². The number of ether oxygens (including phenoxy) is 1. The second kappa shape index (κ2) is 10.6. The summed E-state index contributed by atoms with van der Waals surface area (Å²) in [6.07, 6.45) is 0.170. The maximum absolute atomic E-state index is 14.2. The summed E-state index contributed by atoms with van der Waals surface area (Å²) in [5, 5.41) is 5.88. The van der Waals surface area contributed by atoms with Crippen molar-refractivity contribution < 1.29 is 19.1 Å². The topological polar surface area (TPSA) is 87.7 Å². The van der Waals surface area contributed by atoms with Crippen molar-refractivity contribution in [1.29, 1.82) is 0 Å². The van der Waals surface area contributed by atoms with Gasteiger partial charge in [0.2, 0.25) is 11.8 Å². The highest BCUT2D eigenvalue weighted by Crippen LogP contribution is 2.42. The van der Waals surface area contributed by atoms with Crippen molar-refractivity contribution in [2.45, 2.75) is 112 Å². The minimum absolute atomic E-state index is 0.0835. The Morgan fingerprint density at radius 3 is 2.09 bits per heavy atom. The number of carbonyl (C=O) groups excluding carboxylic acids is 3. The molecule has 1 aliphatic carbocycles. The van der Waals surface area contributed by atoms with E-state index in [1.807, 2.05) is 66.7 Å². The normalized spacial score (nSPS) is 19.5. The molecular formula is C28H45N3O4. The number of nitrogens with zero attached hydrogens (tertiary/aromatic N) is 1. The summed E-state index contributed by atoms with van der Waals surface area (Å²) in [6, 6.07) is 4.26. The van der Waals surface area contributed by atoms with Gasteiger partial charge < -0.3 is 20.3 Å². The molecule has 1 saturated carbocycles. The van der Waals surface area contributed by atoms with Gasteiger partial charge in [0.15, 0.2) is 0 Å². The first-order valence-electron chi connectivity index (χ1n) is 12.6. The Morgan fingerprint density at radius 1 is 1.06 bits per heavy atom. The van der Waals surface area contributed by atoms with Crippen molar-refractivity contribution in [2.24, 2.45) is 11.8 Å². The third-order valence-corrected chi connectivity index (χ3v) is 6.04. The van der Waals surface area contributed by atoms with Crippen LogP contribution in [0.2, 0.25) is 0 Å². The Morgan fingerprint density at radius 2 is 1.63 bits per heavy atom. The number of aryl methyl sites for hydroxylation is 2. The van der Waals surface area contributed by atoms with Crippen LogP contribution in [-0.4, -0.2) is 46.0 Å². The molecule has 196 valence electrons. The minimum atomic E-state index is -0.826. The quantitative estimate of drug-likeness (QED) is 0.564. The Balaban J connectivity index is 2.56. The SMILES string of the molecule is Cc1ccc(C)c(C(C(=O)NC(C)(C)C)N(C(=O)C(NC(=O)OC(C)(C)C)C(C)C)C2CC2C)c1. The van der Waals surface area contributed by atoms with Gasteiger partial charge in [-0.2, -0.15) is 0 Å². The van der Waals surface area contributed by atoms with Crippen LogP contribution in [0, 0.1) is 25.7 Å². The highest BCUT2D eigenvalue weighted by Gasteiger charge is 2.49. The Hall–Kier alpha value is -2.57. The van der Waals surface area contributed by atoms with Crippen LogP contribution in [0.5, 0.6) is 0 Å². The van der Waals surface area contributed by atoms with Crippen LogP contribution in [0.1, 0.15) is 91.5 Å². The van der Waals surface area contributed by atoms with Gasteiger partial charge >= 0.3 is 6.09 Å². The first-order valence-corrected chi connectivity index (χ1v) is 12.6. The Bertz CT molecular complexity index is 943. The number of benzene rings is 1. The van der Waals surface area contributed by atoms with E-state index < -0.39 is 29.3 Å². The summed E-state index contributed by atoms with van der Waals surface area (Å²) in [7, 11) is 0. The summed E-state index contributed by atoms with van der Waals surface area (Å²) in [5.41, 5.74) is 1.61. The highest BCUT2D eigenvalue weighted by atomic mass is 16.6. The van der Waals surface area contributed by atoms with Crippen molar-refractivity contribution in [3.8, 4) is 0 Å². The summed E-state index contributed by atoms with van der Waals surface area (Å²) in [6.45, 7) is 20.9. The fourth-order valence-corrected chi connectivity index (χ4v) is 4.19. The number of rotatable bonds is 7. The molecule has 1 aliphatic rings. The Kier molecular flexibility index (Phi) is 8.67. The third kappa shape index (κ3) is 7.97. The highest BCUT2D eigenvalue weighted by molar-refractivity contribution is 5.93. The van der Waals surface area contributed by atoms with E-state index in [9.17, 15) is 14.4 Å². The van der Waals surface area contributed by atoms with E-state index in [1.165, 1.54) is 0 Å². The van der Waals surface area contributed by atoms with E-state index >= 15 is 0 Å². The maximum atomic E-state index is 14.2. The van der Waals surface area contributed by atoms with Crippen molar-refractivity contribution in [2.75, 3.05) is 0 Å². The molecule has 0 saturated heterocycles. The molecule has 0 spiro atoms. The summed E-state index contributed by atoms with van der Waals surface area (Å²) in [5.74, 6) is -0.423. The molecule has 1 aromatic carbocycles. The van der Waals surface area contributed by atoms with Crippen LogP contribution in [0.25, 0.3) is 0 Å². The zero-order valence-corrected chi connectivity index (χ0v) is 23.4. The van der Waals surface area contributed by atoms with Crippen LogP contribution in [0.15, 0.2) is 18.2 Å². The van der Waals surface area contributed by atoms with E-state index in [1.54, 1.807) is 25.7 Å². The third-order valence-electron chi connectivity index (χ3n) is 6.04. The predicted octanol–water partition coefficient (Wildman–Crippen LogP) is 5.05. The second-order valence-electron chi connectivity index (χ2n) is 12.4. The number of amides is 3. The van der Waals surface area contributed by atoms with Crippen molar-refractivity contribution >= 4 is 17.9 Å². The molecule has 0 aromatic heterocycles. The van der Waals surface area contributed by atoms with Crippen molar-refractivity contribution in [1.82, 2.24) is 15.5 Å². The average Bonchev–Trinajstić information content (AvgIpc) is 3.38. The standard InChI is InChI=1S/C28H45N3O4/c1-16(2)22(29-26(34)35-28(9,10)11)25(33)31(21-15-19(21)5)23(24(32)30-27(6,7)8)20-14-17(3)12-13-18(20)4/h12-14,16,19,21-23H,15H2,1-11H3,(H,29,34)(H,30,32). The largest absolute Gasteiger partial charge is 0.444 e. The second-order valence-corrected chi connectivity index (χ2v) is 12.4. The maximum Gasteiger partial charge on any atom is 0.408 e. The molecule has 1 aromatic rings. The lowest BCUT2D eigenvalue weighted by Gasteiger charge is -2.38. The molecule has 7 nitrogen and oxygen atoms in total. The van der Waals surface area contributed by atoms with E-state index in [2.05, 4.69) is 17.6 Å². The first kappa shape index (κ1) is 28.7. The molecule has 35 heavy (non-hydrogen) atoms. The fraction of sp³-hybridized carbons (Fsp3) is 0.679. The van der Waals surface area contributed by atoms with Gasteiger partial charge in [-0.25, -0.2) is 4.79 Å². The van der Waals surface area contributed by atoms with Gasteiger partial charge in [0.25, 0.3) is 0 Å². The summed E-state index contributed by atoms with van der Waals surface area (Å²) in [4.78, 5) is 42.3. The van der Waals surface area contributed by atoms with Gasteiger partial charge in [-0.1, -0.05) is 44.5 Å². The average molecular weight is 488 g/mol. The van der Waals surface area contributed by atoms with Crippen LogP contribution in [0.4, 0.5) is 4.79 Å². The number of carbonyl (C=O) groups is 3. The molecule has 7 heteroatoms. The van der Waals surface area contributed by atoms with E-state index in [-0.39, 0.29) is 29.7 Å². The minimum Gasteiger partial charge on any atom is -0.444 e. The van der Waals surface area contributed by atoms with Crippen LogP contribution >= 0.6 is 0 Å². The number of hydrogen-bond acceptors (Lipinski definition) is 4. The van der Waals surface area contributed by atoms with E-state index in [0.29, 0.717) is 0 Å². The molecule has 3 amide bonds. The first-order chi connectivity index (χ1) is 15.9. The zero-order chi connectivity index (χ0) is 26.9. The lowest BCUT2D eigenvalue weighted by molar-refractivity contribution is -0.144. The van der Waals surface area contributed by atoms with Crippen molar-refractivity contribution in [3.05, 3.63) is 34.9 Å².